The number of aliphatic hydroxyl groups is 1. The summed E-state index contributed by atoms with van der Waals surface area (Å²) < 4.78 is 10.3. The number of esters is 2. The molecule has 0 aromatic heterocycles. The van der Waals surface area contributed by atoms with Gasteiger partial charge in [-0.25, -0.2) is 9.59 Å². The van der Waals surface area contributed by atoms with Crippen LogP contribution in [0.5, 0.6) is 0 Å². The topological polar surface area (TPSA) is 72.8 Å². The van der Waals surface area contributed by atoms with Crippen molar-refractivity contribution in [3.63, 3.8) is 0 Å². The third-order valence-corrected chi connectivity index (χ3v) is 4.49. The number of ether oxygens (including phenoxy) is 2. The number of thioether (sulfide) groups is 2. The van der Waals surface area contributed by atoms with Gasteiger partial charge in [-0.3, -0.25) is 0 Å². The minimum Gasteiger partial charge on any atom is -0.462 e. The van der Waals surface area contributed by atoms with Crippen molar-refractivity contribution in [2.24, 2.45) is 0 Å². The van der Waals surface area contributed by atoms with Crippen LogP contribution in [0.1, 0.15) is 20.8 Å². The lowest BCUT2D eigenvalue weighted by atomic mass is 10.3. The Bertz CT molecular complexity index is 364. The minimum absolute atomic E-state index is 0.114. The van der Waals surface area contributed by atoms with Crippen LogP contribution < -0.4 is 0 Å². The molecule has 102 valence electrons. The highest BCUT2D eigenvalue weighted by atomic mass is 32.2. The Morgan fingerprint density at radius 3 is 2.56 bits per heavy atom. The zero-order valence-corrected chi connectivity index (χ0v) is 12.1. The summed E-state index contributed by atoms with van der Waals surface area (Å²) in [5.74, 6) is -0.961. The van der Waals surface area contributed by atoms with Crippen molar-refractivity contribution < 1.29 is 24.2 Å². The first-order chi connectivity index (χ1) is 8.45. The molecule has 0 radical (unpaired) electrons. The van der Waals surface area contributed by atoms with Crippen molar-refractivity contribution in [2.45, 2.75) is 32.3 Å². The maximum absolute atomic E-state index is 11.9. The van der Waals surface area contributed by atoms with E-state index < -0.39 is 17.4 Å². The molecule has 1 heterocycles. The van der Waals surface area contributed by atoms with E-state index in [1.807, 2.05) is 0 Å². The van der Waals surface area contributed by atoms with Gasteiger partial charge in [0.15, 0.2) is 5.57 Å². The van der Waals surface area contributed by atoms with E-state index in [9.17, 15) is 14.7 Å². The Hall–Kier alpha value is -0.660. The van der Waals surface area contributed by atoms with E-state index in [0.29, 0.717) is 9.99 Å². The standard InChI is InChI=1S/C11H16O5S2/c1-4-15-9(13)8(10(14)16-6(2)3)11-17-5-7(12)18-11/h6-7,12H,4-5H2,1-3H3. The predicted molar refractivity (Wildman–Crippen MR) is 70.9 cm³/mol. The third-order valence-electron chi connectivity index (χ3n) is 1.83. The van der Waals surface area contributed by atoms with Gasteiger partial charge < -0.3 is 14.6 Å². The van der Waals surface area contributed by atoms with Crippen LogP contribution in [0.25, 0.3) is 0 Å². The lowest BCUT2D eigenvalue weighted by Crippen LogP contribution is -2.21. The fourth-order valence-corrected chi connectivity index (χ4v) is 3.62. The lowest BCUT2D eigenvalue weighted by Gasteiger charge is -2.11. The number of carbonyl (C=O) groups is 2. The van der Waals surface area contributed by atoms with Crippen LogP contribution in [-0.2, 0) is 19.1 Å². The molecular formula is C11H16O5S2. The van der Waals surface area contributed by atoms with E-state index in [1.165, 1.54) is 11.8 Å². The minimum atomic E-state index is -0.702. The number of carbonyl (C=O) groups excluding carboxylic acids is 2. The van der Waals surface area contributed by atoms with E-state index >= 15 is 0 Å². The smallest absolute Gasteiger partial charge is 0.347 e. The third kappa shape index (κ3) is 4.22. The SMILES string of the molecule is CCOC(=O)C(C(=O)OC(C)C)=C1SCC(O)S1. The average molecular weight is 292 g/mol. The van der Waals surface area contributed by atoms with Gasteiger partial charge in [0.2, 0.25) is 0 Å². The summed E-state index contributed by atoms with van der Waals surface area (Å²) >= 11 is 2.34. The second kappa shape index (κ2) is 7.06. The number of rotatable bonds is 4. The Morgan fingerprint density at radius 2 is 2.11 bits per heavy atom. The molecule has 18 heavy (non-hydrogen) atoms. The first-order valence-electron chi connectivity index (χ1n) is 5.55. The maximum atomic E-state index is 11.9. The Balaban J connectivity index is 2.95. The first-order valence-corrected chi connectivity index (χ1v) is 7.42. The van der Waals surface area contributed by atoms with Crippen molar-refractivity contribution in [1.29, 1.82) is 0 Å². The van der Waals surface area contributed by atoms with Gasteiger partial charge in [-0.15, -0.1) is 11.8 Å². The van der Waals surface area contributed by atoms with Crippen LogP contribution in [-0.4, -0.2) is 40.9 Å². The Kier molecular flexibility index (Phi) is 6.04. The van der Waals surface area contributed by atoms with Gasteiger partial charge in [0.25, 0.3) is 0 Å². The predicted octanol–water partition coefficient (Wildman–Crippen LogP) is 1.51. The molecule has 0 aliphatic carbocycles. The quantitative estimate of drug-likeness (QED) is 0.364. The monoisotopic (exact) mass is 292 g/mol. The van der Waals surface area contributed by atoms with Gasteiger partial charge in [0.1, 0.15) is 5.44 Å². The van der Waals surface area contributed by atoms with Crippen LogP contribution in [0.15, 0.2) is 9.81 Å². The molecule has 1 fully saturated rings. The van der Waals surface area contributed by atoms with Crippen molar-refractivity contribution >= 4 is 35.5 Å². The van der Waals surface area contributed by atoms with Crippen molar-refractivity contribution in [2.75, 3.05) is 12.4 Å². The van der Waals surface area contributed by atoms with Crippen LogP contribution in [0.4, 0.5) is 0 Å². The van der Waals surface area contributed by atoms with E-state index in [0.717, 1.165) is 11.8 Å². The van der Waals surface area contributed by atoms with Gasteiger partial charge in [-0.05, 0) is 20.8 Å². The molecule has 0 saturated carbocycles. The molecule has 1 aliphatic heterocycles. The van der Waals surface area contributed by atoms with Crippen LogP contribution in [0.3, 0.4) is 0 Å². The number of hydrogen-bond donors (Lipinski definition) is 1. The molecular weight excluding hydrogens is 276 g/mol. The maximum Gasteiger partial charge on any atom is 0.347 e. The summed E-state index contributed by atoms with van der Waals surface area (Å²) in [4.78, 5) is 23.6. The van der Waals surface area contributed by atoms with Crippen LogP contribution >= 0.6 is 23.5 Å². The Labute approximate surface area is 114 Å². The van der Waals surface area contributed by atoms with Crippen LogP contribution in [0, 0.1) is 0 Å². The van der Waals surface area contributed by atoms with Crippen molar-refractivity contribution in [3.8, 4) is 0 Å². The van der Waals surface area contributed by atoms with Gasteiger partial charge in [0, 0.05) is 5.75 Å². The lowest BCUT2D eigenvalue weighted by molar-refractivity contribution is -0.148. The van der Waals surface area contributed by atoms with Crippen molar-refractivity contribution in [1.82, 2.24) is 0 Å². The molecule has 1 rings (SSSR count). The van der Waals surface area contributed by atoms with E-state index in [1.54, 1.807) is 20.8 Å². The Morgan fingerprint density at radius 1 is 1.44 bits per heavy atom. The largest absolute Gasteiger partial charge is 0.462 e. The van der Waals surface area contributed by atoms with Gasteiger partial charge in [0.05, 0.1) is 16.9 Å². The normalized spacial score (nSPS) is 21.9. The summed E-state index contributed by atoms with van der Waals surface area (Å²) in [6.45, 7) is 5.25. The molecule has 1 aliphatic rings. The molecule has 0 spiro atoms. The molecule has 0 aromatic carbocycles. The van der Waals surface area contributed by atoms with Crippen molar-refractivity contribution in [3.05, 3.63) is 9.81 Å². The highest BCUT2D eigenvalue weighted by Gasteiger charge is 2.32. The van der Waals surface area contributed by atoms with E-state index in [2.05, 4.69) is 0 Å². The molecule has 0 amide bonds. The zero-order chi connectivity index (χ0) is 13.7. The molecule has 0 aromatic rings. The van der Waals surface area contributed by atoms with Gasteiger partial charge >= 0.3 is 11.9 Å². The summed E-state index contributed by atoms with van der Waals surface area (Å²) in [5.41, 5.74) is -0.724. The second-order valence-electron chi connectivity index (χ2n) is 3.72. The second-order valence-corrected chi connectivity index (χ2v) is 6.20. The van der Waals surface area contributed by atoms with Gasteiger partial charge in [-0.2, -0.15) is 0 Å². The summed E-state index contributed by atoms with van der Waals surface area (Å²) in [7, 11) is 0. The molecule has 1 saturated heterocycles. The number of aliphatic hydroxyl groups excluding tert-OH is 1. The molecule has 1 N–H and O–H groups in total. The molecule has 5 nitrogen and oxygen atoms in total. The fourth-order valence-electron chi connectivity index (χ4n) is 1.20. The van der Waals surface area contributed by atoms with Crippen LogP contribution in [0.2, 0.25) is 0 Å². The first kappa shape index (κ1) is 15.4. The molecule has 1 unspecified atom stereocenters. The summed E-state index contributed by atoms with van der Waals surface area (Å²) in [6.07, 6.45) is -0.316. The number of hydrogen-bond acceptors (Lipinski definition) is 7. The average Bonchev–Trinajstić information content (AvgIpc) is 2.64. The highest BCUT2D eigenvalue weighted by molar-refractivity contribution is 8.25. The molecule has 1 atom stereocenters. The molecule has 0 bridgehead atoms. The highest BCUT2D eigenvalue weighted by Crippen LogP contribution is 2.43. The summed E-state index contributed by atoms with van der Waals surface area (Å²) in [6, 6.07) is 0. The molecule has 7 heteroatoms. The van der Waals surface area contributed by atoms with Gasteiger partial charge in [-0.1, -0.05) is 11.8 Å². The van der Waals surface area contributed by atoms with E-state index in [4.69, 9.17) is 9.47 Å². The fraction of sp³-hybridized carbons (Fsp3) is 0.636. The zero-order valence-electron chi connectivity index (χ0n) is 10.5. The summed E-state index contributed by atoms with van der Waals surface area (Å²) in [5, 5.41) is 9.43. The van der Waals surface area contributed by atoms with E-state index in [-0.39, 0.29) is 18.3 Å².